The van der Waals surface area contributed by atoms with Crippen LogP contribution in [0.4, 0.5) is 13.2 Å². The SMILES string of the molecule is Cc1noc(C)c1-c1cc([C@](O)(Cc2ccc(F)cn2)c2cc(F)ccc2F)c2[nH]c(=O)[nH]c2c1. The molecular formula is C25H19F3N4O3. The minimum absolute atomic E-state index is 0.0824. The standard InChI is InChI=1S/C25H19F3N4O3/c1-12-22(13(2)35-32-12)14-7-19(23-21(8-14)30-24(33)31-23)25(34,10-17-5-3-16(27)11-29-17)18-9-15(26)4-6-20(18)28/h3-9,11,34H,10H2,1-2H3,(H2,30,31,33)/t25-/m0/s1. The first kappa shape index (κ1) is 22.6. The molecule has 1 atom stereocenters. The van der Waals surface area contributed by atoms with E-state index in [1.54, 1.807) is 26.0 Å². The number of aryl methyl sites for hydroxylation is 2. The van der Waals surface area contributed by atoms with Gasteiger partial charge in [-0.2, -0.15) is 0 Å². The number of imidazole rings is 1. The fourth-order valence-electron chi connectivity index (χ4n) is 4.43. The molecule has 5 aromatic rings. The summed E-state index contributed by atoms with van der Waals surface area (Å²) in [6.07, 6.45) is 0.618. The Bertz CT molecular complexity index is 1600. The normalized spacial score (nSPS) is 13.3. The number of H-pyrrole nitrogens is 2. The summed E-state index contributed by atoms with van der Waals surface area (Å²) >= 11 is 0. The van der Waals surface area contributed by atoms with Crippen molar-refractivity contribution in [2.45, 2.75) is 25.9 Å². The summed E-state index contributed by atoms with van der Waals surface area (Å²) in [7, 11) is 0. The highest BCUT2D eigenvalue weighted by Crippen LogP contribution is 2.40. The second-order valence-corrected chi connectivity index (χ2v) is 8.35. The van der Waals surface area contributed by atoms with Crippen molar-refractivity contribution >= 4 is 11.0 Å². The number of aromatic nitrogens is 4. The van der Waals surface area contributed by atoms with Crippen LogP contribution in [0.15, 0.2) is 58.0 Å². The van der Waals surface area contributed by atoms with E-state index in [1.807, 2.05) is 0 Å². The summed E-state index contributed by atoms with van der Waals surface area (Å²) in [5, 5.41) is 16.1. The molecule has 3 N–H and O–H groups in total. The van der Waals surface area contributed by atoms with Gasteiger partial charge in [0.15, 0.2) is 0 Å². The highest BCUT2D eigenvalue weighted by molar-refractivity contribution is 5.87. The molecule has 7 nitrogen and oxygen atoms in total. The van der Waals surface area contributed by atoms with Crippen LogP contribution in [0.5, 0.6) is 0 Å². The van der Waals surface area contributed by atoms with Gasteiger partial charge in [-0.1, -0.05) is 5.16 Å². The Morgan fingerprint density at radius 3 is 2.46 bits per heavy atom. The molecule has 0 radical (unpaired) electrons. The number of hydrogen-bond acceptors (Lipinski definition) is 5. The molecule has 0 spiro atoms. The Kier molecular flexibility index (Phi) is 5.32. The average molecular weight is 480 g/mol. The highest BCUT2D eigenvalue weighted by atomic mass is 19.1. The van der Waals surface area contributed by atoms with Gasteiger partial charge in [-0.25, -0.2) is 18.0 Å². The largest absolute Gasteiger partial charge is 0.380 e. The van der Waals surface area contributed by atoms with E-state index < -0.39 is 28.7 Å². The number of fused-ring (bicyclic) bond motifs is 1. The van der Waals surface area contributed by atoms with Crippen LogP contribution >= 0.6 is 0 Å². The molecule has 0 fully saturated rings. The van der Waals surface area contributed by atoms with Crippen LogP contribution in [-0.2, 0) is 12.0 Å². The average Bonchev–Trinajstić information content (AvgIpc) is 3.36. The Morgan fingerprint density at radius 1 is 1.00 bits per heavy atom. The summed E-state index contributed by atoms with van der Waals surface area (Å²) in [5.41, 5.74) is -0.615. The van der Waals surface area contributed by atoms with Crippen molar-refractivity contribution in [1.82, 2.24) is 20.1 Å². The van der Waals surface area contributed by atoms with E-state index >= 15 is 4.39 Å². The summed E-state index contributed by atoms with van der Waals surface area (Å²) in [6, 6.07) is 8.45. The van der Waals surface area contributed by atoms with Crippen LogP contribution in [-0.4, -0.2) is 25.2 Å². The van der Waals surface area contributed by atoms with Gasteiger partial charge in [0.25, 0.3) is 0 Å². The lowest BCUT2D eigenvalue weighted by atomic mass is 9.80. The molecule has 0 saturated heterocycles. The van der Waals surface area contributed by atoms with E-state index in [0.717, 1.165) is 30.5 Å². The topological polar surface area (TPSA) is 108 Å². The van der Waals surface area contributed by atoms with Crippen LogP contribution in [0.3, 0.4) is 0 Å². The molecule has 2 aromatic carbocycles. The number of pyridine rings is 1. The predicted molar refractivity (Wildman–Crippen MR) is 121 cm³/mol. The summed E-state index contributed by atoms with van der Waals surface area (Å²) in [4.78, 5) is 21.5. The molecule has 0 unspecified atom stereocenters. The van der Waals surface area contributed by atoms with Crippen LogP contribution < -0.4 is 5.69 Å². The predicted octanol–water partition coefficient (Wildman–Crippen LogP) is 4.42. The molecule has 0 bridgehead atoms. The van der Waals surface area contributed by atoms with Gasteiger partial charge in [0.1, 0.15) is 28.8 Å². The number of aliphatic hydroxyl groups is 1. The maximum absolute atomic E-state index is 15.1. The van der Waals surface area contributed by atoms with E-state index in [2.05, 4.69) is 20.1 Å². The highest BCUT2D eigenvalue weighted by Gasteiger charge is 2.38. The van der Waals surface area contributed by atoms with Crippen LogP contribution in [0.25, 0.3) is 22.2 Å². The van der Waals surface area contributed by atoms with Crippen molar-refractivity contribution in [2.24, 2.45) is 0 Å². The second kappa shape index (κ2) is 8.24. The molecule has 0 saturated carbocycles. The first-order valence-electron chi connectivity index (χ1n) is 10.6. The van der Waals surface area contributed by atoms with Gasteiger partial charge in [0.05, 0.1) is 22.9 Å². The Labute approximate surface area is 196 Å². The first-order valence-corrected chi connectivity index (χ1v) is 10.6. The number of rotatable bonds is 5. The number of nitrogens with zero attached hydrogens (tertiary/aromatic N) is 2. The quantitative estimate of drug-likeness (QED) is 0.345. The molecule has 3 aromatic heterocycles. The smallest absolute Gasteiger partial charge is 0.323 e. The zero-order chi connectivity index (χ0) is 24.9. The van der Waals surface area contributed by atoms with Gasteiger partial charge < -0.3 is 19.6 Å². The van der Waals surface area contributed by atoms with E-state index in [1.165, 1.54) is 6.07 Å². The molecule has 0 aliphatic carbocycles. The van der Waals surface area contributed by atoms with Gasteiger partial charge in [-0.3, -0.25) is 4.98 Å². The maximum atomic E-state index is 15.1. The number of aromatic amines is 2. The van der Waals surface area contributed by atoms with Crippen molar-refractivity contribution in [2.75, 3.05) is 0 Å². The monoisotopic (exact) mass is 480 g/mol. The molecule has 5 rings (SSSR count). The van der Waals surface area contributed by atoms with E-state index in [4.69, 9.17) is 4.52 Å². The van der Waals surface area contributed by atoms with Crippen molar-refractivity contribution in [3.05, 3.63) is 105 Å². The second-order valence-electron chi connectivity index (χ2n) is 8.35. The van der Waals surface area contributed by atoms with Gasteiger partial charge in [-0.15, -0.1) is 0 Å². The molecule has 0 aliphatic heterocycles. The van der Waals surface area contributed by atoms with Crippen molar-refractivity contribution < 1.29 is 22.8 Å². The minimum atomic E-state index is -2.21. The third-order valence-electron chi connectivity index (χ3n) is 5.99. The fourth-order valence-corrected chi connectivity index (χ4v) is 4.43. The molecule has 178 valence electrons. The Morgan fingerprint density at radius 2 is 1.77 bits per heavy atom. The number of nitrogens with one attached hydrogen (secondary N) is 2. The Balaban J connectivity index is 1.84. The summed E-state index contributed by atoms with van der Waals surface area (Å²) < 4.78 is 48.2. The van der Waals surface area contributed by atoms with Crippen LogP contribution in [0.1, 0.15) is 28.3 Å². The summed E-state index contributed by atoms with van der Waals surface area (Å²) in [6.45, 7) is 3.44. The molecule has 3 heterocycles. The summed E-state index contributed by atoms with van der Waals surface area (Å²) in [5.74, 6) is -1.74. The molecule has 10 heteroatoms. The van der Waals surface area contributed by atoms with Gasteiger partial charge >= 0.3 is 5.69 Å². The number of hydrogen-bond donors (Lipinski definition) is 3. The van der Waals surface area contributed by atoms with E-state index in [0.29, 0.717) is 28.1 Å². The van der Waals surface area contributed by atoms with Crippen molar-refractivity contribution in [3.8, 4) is 11.1 Å². The third kappa shape index (κ3) is 3.91. The molecule has 0 aliphatic rings. The van der Waals surface area contributed by atoms with Crippen LogP contribution in [0, 0.1) is 31.3 Å². The molecule has 35 heavy (non-hydrogen) atoms. The minimum Gasteiger partial charge on any atom is -0.380 e. The third-order valence-corrected chi connectivity index (χ3v) is 5.99. The number of benzene rings is 2. The molecular weight excluding hydrogens is 461 g/mol. The number of halogens is 3. The van der Waals surface area contributed by atoms with Gasteiger partial charge in [-0.05, 0) is 61.9 Å². The lowest BCUT2D eigenvalue weighted by Crippen LogP contribution is -2.32. The lowest BCUT2D eigenvalue weighted by Gasteiger charge is -2.30. The zero-order valence-corrected chi connectivity index (χ0v) is 18.6. The van der Waals surface area contributed by atoms with Crippen molar-refractivity contribution in [1.29, 1.82) is 0 Å². The molecule has 0 amide bonds. The van der Waals surface area contributed by atoms with Gasteiger partial charge in [0, 0.05) is 28.8 Å². The van der Waals surface area contributed by atoms with Crippen molar-refractivity contribution in [3.63, 3.8) is 0 Å². The fraction of sp³-hybridized carbons (Fsp3) is 0.160. The zero-order valence-electron chi connectivity index (χ0n) is 18.6. The lowest BCUT2D eigenvalue weighted by molar-refractivity contribution is 0.0770. The van der Waals surface area contributed by atoms with E-state index in [9.17, 15) is 18.7 Å². The maximum Gasteiger partial charge on any atom is 0.323 e. The van der Waals surface area contributed by atoms with Gasteiger partial charge in [0.2, 0.25) is 0 Å². The van der Waals surface area contributed by atoms with Crippen LogP contribution in [0.2, 0.25) is 0 Å². The van der Waals surface area contributed by atoms with E-state index in [-0.39, 0.29) is 28.8 Å². The Hall–Kier alpha value is -4.18. The first-order chi connectivity index (χ1) is 16.7.